The van der Waals surface area contributed by atoms with E-state index in [1.165, 1.54) is 0 Å². The van der Waals surface area contributed by atoms with E-state index >= 15 is 0 Å². The smallest absolute Gasteiger partial charge is 0.378 e. The van der Waals surface area contributed by atoms with Crippen molar-refractivity contribution >= 4 is 17.5 Å². The molecule has 90 valence electrons. The molecular weight excluding hydrogens is 231 g/mol. The molecule has 0 aliphatic rings. The van der Waals surface area contributed by atoms with Gasteiger partial charge in [0.15, 0.2) is 0 Å². The predicted octanol–water partition coefficient (Wildman–Crippen LogP) is 1.17. The second kappa shape index (κ2) is 5.11. The monoisotopic (exact) mass is 240 g/mol. The molecule has 0 bridgehead atoms. The summed E-state index contributed by atoms with van der Waals surface area (Å²) < 4.78 is 17.0. The van der Waals surface area contributed by atoms with Crippen molar-refractivity contribution in [2.24, 2.45) is 0 Å². The Balaban J connectivity index is 3.07. The number of aromatic hydroxyl groups is 1. The standard InChI is InChI=1S/C11H9FO5/c1-17-11(16)10(15)5-9(14)7-4-6(12)2-3-8(7)13/h2-5,13-14H,1H3/b9-5-. The SMILES string of the molecule is COC(=O)C(=O)/C=C(\O)c1cc(F)ccc1O. The Kier molecular flexibility index (Phi) is 3.82. The fourth-order valence-electron chi connectivity index (χ4n) is 1.07. The van der Waals surface area contributed by atoms with E-state index in [1.807, 2.05) is 0 Å². The molecule has 0 unspecified atom stereocenters. The molecule has 1 aromatic rings. The van der Waals surface area contributed by atoms with Gasteiger partial charge in [0.1, 0.15) is 17.3 Å². The summed E-state index contributed by atoms with van der Waals surface area (Å²) in [6.45, 7) is 0. The summed E-state index contributed by atoms with van der Waals surface area (Å²) in [5.74, 6) is -4.14. The molecule has 1 rings (SSSR count). The highest BCUT2D eigenvalue weighted by Gasteiger charge is 2.14. The number of methoxy groups -OCH3 is 1. The molecule has 1 aromatic carbocycles. The van der Waals surface area contributed by atoms with E-state index in [0.717, 1.165) is 25.3 Å². The van der Waals surface area contributed by atoms with Crippen LogP contribution < -0.4 is 0 Å². The number of aliphatic hydroxyl groups excluding tert-OH is 1. The topological polar surface area (TPSA) is 83.8 Å². The Bertz CT molecular complexity index is 493. The van der Waals surface area contributed by atoms with Gasteiger partial charge in [-0.15, -0.1) is 0 Å². The van der Waals surface area contributed by atoms with Crippen LogP contribution in [0.2, 0.25) is 0 Å². The quantitative estimate of drug-likeness (QED) is 0.358. The maximum atomic E-state index is 12.8. The average Bonchev–Trinajstić information content (AvgIpc) is 2.30. The fraction of sp³-hybridized carbons (Fsp3) is 0.0909. The third kappa shape index (κ3) is 3.04. The summed E-state index contributed by atoms with van der Waals surface area (Å²) in [5, 5.41) is 18.8. The summed E-state index contributed by atoms with van der Waals surface area (Å²) in [5.41, 5.74) is -0.290. The maximum absolute atomic E-state index is 12.8. The number of phenolic OH excluding ortho intramolecular Hbond substituents is 1. The number of ketones is 1. The molecule has 0 saturated carbocycles. The molecule has 0 spiro atoms. The molecule has 0 heterocycles. The molecule has 17 heavy (non-hydrogen) atoms. The molecule has 5 nitrogen and oxygen atoms in total. The Morgan fingerprint density at radius 1 is 1.41 bits per heavy atom. The summed E-state index contributed by atoms with van der Waals surface area (Å²) in [6.07, 6.45) is 0.542. The molecule has 0 radical (unpaired) electrons. The van der Waals surface area contributed by atoms with Gasteiger partial charge in [-0.25, -0.2) is 9.18 Å². The number of rotatable bonds is 3. The summed E-state index contributed by atoms with van der Waals surface area (Å²) >= 11 is 0. The zero-order valence-electron chi connectivity index (χ0n) is 8.81. The Hall–Kier alpha value is -2.37. The molecule has 0 atom stereocenters. The number of ether oxygens (including phenoxy) is 1. The number of halogens is 1. The largest absolute Gasteiger partial charge is 0.507 e. The first-order chi connectivity index (χ1) is 7.95. The minimum absolute atomic E-state index is 0.290. The second-order valence-corrected chi connectivity index (χ2v) is 3.05. The third-order valence-electron chi connectivity index (χ3n) is 1.89. The van der Waals surface area contributed by atoms with E-state index in [-0.39, 0.29) is 5.56 Å². The van der Waals surface area contributed by atoms with Crippen molar-refractivity contribution in [2.75, 3.05) is 7.11 Å². The lowest BCUT2D eigenvalue weighted by molar-refractivity contribution is -0.149. The van der Waals surface area contributed by atoms with Crippen LogP contribution in [0.5, 0.6) is 5.75 Å². The van der Waals surface area contributed by atoms with Gasteiger partial charge in [-0.3, -0.25) is 4.79 Å². The number of hydrogen-bond donors (Lipinski definition) is 2. The van der Waals surface area contributed by atoms with Crippen LogP contribution in [0.4, 0.5) is 4.39 Å². The van der Waals surface area contributed by atoms with Crippen molar-refractivity contribution in [2.45, 2.75) is 0 Å². The van der Waals surface area contributed by atoms with Gasteiger partial charge < -0.3 is 14.9 Å². The van der Waals surface area contributed by atoms with Gasteiger partial charge in [0.2, 0.25) is 0 Å². The Labute approximate surface area is 95.8 Å². The van der Waals surface area contributed by atoms with Gasteiger partial charge in [0.05, 0.1) is 12.7 Å². The zero-order chi connectivity index (χ0) is 13.0. The van der Waals surface area contributed by atoms with Crippen LogP contribution in [0.25, 0.3) is 5.76 Å². The van der Waals surface area contributed by atoms with E-state index in [2.05, 4.69) is 4.74 Å². The van der Waals surface area contributed by atoms with Crippen molar-refractivity contribution in [3.63, 3.8) is 0 Å². The minimum atomic E-state index is -1.17. The Morgan fingerprint density at radius 3 is 2.65 bits per heavy atom. The van der Waals surface area contributed by atoms with Crippen molar-refractivity contribution in [3.05, 3.63) is 35.7 Å². The number of benzene rings is 1. The Morgan fingerprint density at radius 2 is 2.06 bits per heavy atom. The number of carbonyl (C=O) groups excluding carboxylic acids is 2. The molecule has 0 aliphatic heterocycles. The first kappa shape index (κ1) is 12.7. The number of hydrogen-bond acceptors (Lipinski definition) is 5. The lowest BCUT2D eigenvalue weighted by atomic mass is 10.1. The lowest BCUT2D eigenvalue weighted by Crippen LogP contribution is -2.13. The molecular formula is C11H9FO5. The molecule has 0 aliphatic carbocycles. The first-order valence-electron chi connectivity index (χ1n) is 4.47. The van der Waals surface area contributed by atoms with Gasteiger partial charge in [-0.2, -0.15) is 0 Å². The molecule has 6 heteroatoms. The van der Waals surface area contributed by atoms with Gasteiger partial charge in [-0.1, -0.05) is 0 Å². The van der Waals surface area contributed by atoms with E-state index in [0.29, 0.717) is 6.08 Å². The molecule has 2 N–H and O–H groups in total. The first-order valence-corrected chi connectivity index (χ1v) is 4.47. The summed E-state index contributed by atoms with van der Waals surface area (Å²) in [4.78, 5) is 21.8. The number of phenols is 1. The molecule has 0 saturated heterocycles. The fourth-order valence-corrected chi connectivity index (χ4v) is 1.07. The van der Waals surface area contributed by atoms with E-state index in [9.17, 15) is 24.2 Å². The van der Waals surface area contributed by atoms with Crippen molar-refractivity contribution in [3.8, 4) is 5.75 Å². The van der Waals surface area contributed by atoms with Crippen LogP contribution in [0.15, 0.2) is 24.3 Å². The van der Waals surface area contributed by atoms with E-state index in [1.54, 1.807) is 0 Å². The molecule has 0 aromatic heterocycles. The van der Waals surface area contributed by atoms with Crippen molar-refractivity contribution in [1.82, 2.24) is 0 Å². The summed E-state index contributed by atoms with van der Waals surface area (Å²) in [6, 6.07) is 2.82. The van der Waals surface area contributed by atoms with Crippen LogP contribution >= 0.6 is 0 Å². The van der Waals surface area contributed by atoms with Crippen molar-refractivity contribution < 1.29 is 28.9 Å². The summed E-state index contributed by atoms with van der Waals surface area (Å²) in [7, 11) is 1.00. The highest BCUT2D eigenvalue weighted by molar-refractivity contribution is 6.39. The third-order valence-corrected chi connectivity index (χ3v) is 1.89. The van der Waals surface area contributed by atoms with Crippen LogP contribution in [0.1, 0.15) is 5.56 Å². The second-order valence-electron chi connectivity index (χ2n) is 3.05. The van der Waals surface area contributed by atoms with Crippen LogP contribution in [-0.4, -0.2) is 29.1 Å². The van der Waals surface area contributed by atoms with Gasteiger partial charge in [0, 0.05) is 6.08 Å². The number of carbonyl (C=O) groups is 2. The molecule has 0 amide bonds. The molecule has 0 fully saturated rings. The van der Waals surface area contributed by atoms with Crippen molar-refractivity contribution in [1.29, 1.82) is 0 Å². The normalized spacial score (nSPS) is 11.1. The average molecular weight is 240 g/mol. The minimum Gasteiger partial charge on any atom is -0.507 e. The van der Waals surface area contributed by atoms with Gasteiger partial charge >= 0.3 is 5.97 Å². The van der Waals surface area contributed by atoms with E-state index in [4.69, 9.17) is 0 Å². The van der Waals surface area contributed by atoms with E-state index < -0.39 is 29.1 Å². The highest BCUT2D eigenvalue weighted by Crippen LogP contribution is 2.24. The van der Waals surface area contributed by atoms with Gasteiger partial charge in [-0.05, 0) is 18.2 Å². The van der Waals surface area contributed by atoms with Crippen LogP contribution in [-0.2, 0) is 14.3 Å². The zero-order valence-corrected chi connectivity index (χ0v) is 8.81. The van der Waals surface area contributed by atoms with Crippen LogP contribution in [0, 0.1) is 5.82 Å². The number of esters is 1. The van der Waals surface area contributed by atoms with Crippen LogP contribution in [0.3, 0.4) is 0 Å². The van der Waals surface area contributed by atoms with Gasteiger partial charge in [0.25, 0.3) is 5.78 Å². The highest BCUT2D eigenvalue weighted by atomic mass is 19.1. The lowest BCUT2D eigenvalue weighted by Gasteiger charge is -2.03. The predicted molar refractivity (Wildman–Crippen MR) is 55.7 cm³/mol. The maximum Gasteiger partial charge on any atom is 0.378 e. The number of aliphatic hydroxyl groups is 1.